The van der Waals surface area contributed by atoms with Crippen LogP contribution in [-0.4, -0.2) is 33.7 Å². The number of carbonyl (C=O) groups is 1. The highest BCUT2D eigenvalue weighted by Crippen LogP contribution is 2.15. The topological polar surface area (TPSA) is 66.2 Å². The van der Waals surface area contributed by atoms with Crippen LogP contribution in [0.1, 0.15) is 19.4 Å². The summed E-state index contributed by atoms with van der Waals surface area (Å²) >= 11 is 0. The Morgan fingerprint density at radius 1 is 1.35 bits per heavy atom. The monoisotopic (exact) mass is 275 g/mol. The van der Waals surface area contributed by atoms with Crippen LogP contribution in [0.5, 0.6) is 5.75 Å². The van der Waals surface area contributed by atoms with E-state index >= 15 is 0 Å². The Kier molecular flexibility index (Phi) is 4.70. The standard InChI is InChI=1S/C14H17N3O3/c1-3-19-14(18)11(2)20-13-6-4-12(5-7-13)10-17-9-8-15-16-17/h4-9,11H,3,10H2,1-2H3/t11-/m0/s1. The van der Waals surface area contributed by atoms with Gasteiger partial charge in [0, 0.05) is 6.20 Å². The molecule has 0 saturated heterocycles. The number of hydrogen-bond acceptors (Lipinski definition) is 5. The van der Waals surface area contributed by atoms with Crippen molar-refractivity contribution in [2.45, 2.75) is 26.5 Å². The van der Waals surface area contributed by atoms with E-state index in [9.17, 15) is 4.79 Å². The van der Waals surface area contributed by atoms with Gasteiger partial charge in [0.1, 0.15) is 5.75 Å². The Morgan fingerprint density at radius 3 is 2.70 bits per heavy atom. The van der Waals surface area contributed by atoms with Gasteiger partial charge in [0.05, 0.1) is 19.3 Å². The van der Waals surface area contributed by atoms with Gasteiger partial charge in [-0.1, -0.05) is 17.3 Å². The van der Waals surface area contributed by atoms with Crippen LogP contribution in [0.15, 0.2) is 36.7 Å². The van der Waals surface area contributed by atoms with Crippen molar-refractivity contribution in [3.05, 3.63) is 42.2 Å². The summed E-state index contributed by atoms with van der Waals surface area (Å²) in [7, 11) is 0. The Bertz CT molecular complexity index is 537. The van der Waals surface area contributed by atoms with Crippen molar-refractivity contribution in [3.8, 4) is 5.75 Å². The van der Waals surface area contributed by atoms with Gasteiger partial charge >= 0.3 is 5.97 Å². The van der Waals surface area contributed by atoms with Gasteiger partial charge in [0.2, 0.25) is 0 Å². The molecule has 1 atom stereocenters. The van der Waals surface area contributed by atoms with Crippen LogP contribution in [0.25, 0.3) is 0 Å². The van der Waals surface area contributed by atoms with Crippen molar-refractivity contribution in [2.75, 3.05) is 6.61 Å². The van der Waals surface area contributed by atoms with Gasteiger partial charge in [0.15, 0.2) is 6.10 Å². The van der Waals surface area contributed by atoms with Crippen molar-refractivity contribution in [2.24, 2.45) is 0 Å². The molecular weight excluding hydrogens is 258 g/mol. The second kappa shape index (κ2) is 6.70. The molecule has 0 unspecified atom stereocenters. The molecular formula is C14H17N3O3. The summed E-state index contributed by atoms with van der Waals surface area (Å²) in [6.07, 6.45) is 2.82. The van der Waals surface area contributed by atoms with E-state index in [2.05, 4.69) is 10.3 Å². The molecule has 6 heteroatoms. The van der Waals surface area contributed by atoms with E-state index in [0.717, 1.165) is 5.56 Å². The first-order chi connectivity index (χ1) is 9.69. The summed E-state index contributed by atoms with van der Waals surface area (Å²) in [6, 6.07) is 7.49. The largest absolute Gasteiger partial charge is 0.479 e. The molecule has 0 aliphatic carbocycles. The highest BCUT2D eigenvalue weighted by Gasteiger charge is 2.15. The highest BCUT2D eigenvalue weighted by molar-refractivity contribution is 5.74. The summed E-state index contributed by atoms with van der Waals surface area (Å²) in [5.41, 5.74) is 1.08. The fourth-order valence-electron chi connectivity index (χ4n) is 1.69. The molecule has 0 aliphatic heterocycles. The van der Waals surface area contributed by atoms with Crippen LogP contribution >= 0.6 is 0 Å². The minimum Gasteiger partial charge on any atom is -0.479 e. The van der Waals surface area contributed by atoms with Gasteiger partial charge in [-0.25, -0.2) is 9.48 Å². The molecule has 0 saturated carbocycles. The summed E-state index contributed by atoms with van der Waals surface area (Å²) in [6.45, 7) is 4.43. The number of aromatic nitrogens is 3. The molecule has 1 heterocycles. The molecule has 0 spiro atoms. The predicted octanol–water partition coefficient (Wildman–Crippen LogP) is 1.66. The number of benzene rings is 1. The minimum absolute atomic E-state index is 0.351. The second-order valence-corrected chi connectivity index (χ2v) is 4.26. The fourth-order valence-corrected chi connectivity index (χ4v) is 1.69. The van der Waals surface area contributed by atoms with Gasteiger partial charge in [-0.2, -0.15) is 0 Å². The smallest absolute Gasteiger partial charge is 0.347 e. The minimum atomic E-state index is -0.615. The zero-order chi connectivity index (χ0) is 14.4. The molecule has 0 radical (unpaired) electrons. The lowest BCUT2D eigenvalue weighted by molar-refractivity contribution is -0.150. The van der Waals surface area contributed by atoms with Crippen molar-refractivity contribution in [1.82, 2.24) is 15.0 Å². The molecule has 0 aliphatic rings. The first-order valence-electron chi connectivity index (χ1n) is 6.45. The Labute approximate surface area is 117 Å². The number of esters is 1. The lowest BCUT2D eigenvalue weighted by Gasteiger charge is -2.13. The molecule has 2 aromatic rings. The average Bonchev–Trinajstić information content (AvgIpc) is 2.94. The number of rotatable bonds is 6. The first-order valence-corrected chi connectivity index (χ1v) is 6.45. The molecule has 2 rings (SSSR count). The van der Waals surface area contributed by atoms with Crippen molar-refractivity contribution < 1.29 is 14.3 Å². The SMILES string of the molecule is CCOC(=O)[C@H](C)Oc1ccc(Cn2ccnn2)cc1. The van der Waals surface area contributed by atoms with Crippen molar-refractivity contribution in [3.63, 3.8) is 0 Å². The quantitative estimate of drug-likeness (QED) is 0.750. The lowest BCUT2D eigenvalue weighted by atomic mass is 10.2. The van der Waals surface area contributed by atoms with Gasteiger partial charge in [0.25, 0.3) is 0 Å². The summed E-state index contributed by atoms with van der Waals surface area (Å²) < 4.78 is 12.1. The molecule has 0 bridgehead atoms. The van der Waals surface area contributed by atoms with E-state index in [-0.39, 0.29) is 5.97 Å². The molecule has 106 valence electrons. The fraction of sp³-hybridized carbons (Fsp3) is 0.357. The zero-order valence-corrected chi connectivity index (χ0v) is 11.5. The van der Waals surface area contributed by atoms with Gasteiger partial charge < -0.3 is 9.47 Å². The van der Waals surface area contributed by atoms with Crippen molar-refractivity contribution >= 4 is 5.97 Å². The van der Waals surface area contributed by atoms with E-state index in [0.29, 0.717) is 18.9 Å². The molecule has 20 heavy (non-hydrogen) atoms. The molecule has 0 N–H and O–H groups in total. The molecule has 1 aromatic carbocycles. The van der Waals surface area contributed by atoms with Crippen LogP contribution in [-0.2, 0) is 16.1 Å². The first kappa shape index (κ1) is 14.0. The maximum Gasteiger partial charge on any atom is 0.347 e. The lowest BCUT2D eigenvalue weighted by Crippen LogP contribution is -2.26. The maximum absolute atomic E-state index is 11.5. The van der Waals surface area contributed by atoms with Gasteiger partial charge in [-0.3, -0.25) is 0 Å². The molecule has 0 fully saturated rings. The van der Waals surface area contributed by atoms with E-state index in [1.165, 1.54) is 0 Å². The number of hydrogen-bond donors (Lipinski definition) is 0. The third kappa shape index (κ3) is 3.81. The van der Waals surface area contributed by atoms with Crippen molar-refractivity contribution in [1.29, 1.82) is 0 Å². The Balaban J connectivity index is 1.92. The van der Waals surface area contributed by atoms with Crippen LogP contribution in [0.4, 0.5) is 0 Å². The average molecular weight is 275 g/mol. The van der Waals surface area contributed by atoms with Crippen LogP contribution < -0.4 is 4.74 Å². The second-order valence-electron chi connectivity index (χ2n) is 4.26. The Hall–Kier alpha value is -2.37. The van der Waals surface area contributed by atoms with Crippen LogP contribution in [0.3, 0.4) is 0 Å². The van der Waals surface area contributed by atoms with E-state index < -0.39 is 6.10 Å². The summed E-state index contributed by atoms with van der Waals surface area (Å²) in [5.74, 6) is 0.270. The normalized spacial score (nSPS) is 11.9. The van der Waals surface area contributed by atoms with Gasteiger partial charge in [-0.15, -0.1) is 5.10 Å². The third-order valence-corrected chi connectivity index (χ3v) is 2.67. The van der Waals surface area contributed by atoms with Crippen LogP contribution in [0, 0.1) is 0 Å². The summed E-state index contributed by atoms with van der Waals surface area (Å²) in [5, 5.41) is 7.65. The number of ether oxygens (including phenoxy) is 2. The summed E-state index contributed by atoms with van der Waals surface area (Å²) in [4.78, 5) is 11.5. The van der Waals surface area contributed by atoms with E-state index in [1.807, 2.05) is 24.3 Å². The predicted molar refractivity (Wildman–Crippen MR) is 72.3 cm³/mol. The van der Waals surface area contributed by atoms with Crippen LogP contribution in [0.2, 0.25) is 0 Å². The third-order valence-electron chi connectivity index (χ3n) is 2.67. The number of nitrogens with zero attached hydrogens (tertiary/aromatic N) is 3. The number of carbonyl (C=O) groups excluding carboxylic acids is 1. The maximum atomic E-state index is 11.5. The molecule has 6 nitrogen and oxygen atoms in total. The van der Waals surface area contributed by atoms with E-state index in [4.69, 9.17) is 9.47 Å². The zero-order valence-electron chi connectivity index (χ0n) is 11.5. The molecule has 1 aromatic heterocycles. The van der Waals surface area contributed by atoms with E-state index in [1.54, 1.807) is 30.9 Å². The van der Waals surface area contributed by atoms with Gasteiger partial charge in [-0.05, 0) is 31.5 Å². The molecule has 0 amide bonds. The highest BCUT2D eigenvalue weighted by atomic mass is 16.6. The Morgan fingerprint density at radius 2 is 2.10 bits per heavy atom.